The largest absolute Gasteiger partial charge is 0.493 e. The number of piperidine rings is 1. The van der Waals surface area contributed by atoms with Crippen LogP contribution in [0.3, 0.4) is 0 Å². The Kier molecular flexibility index (Phi) is 5.21. The topological polar surface area (TPSA) is 46.6 Å². The van der Waals surface area contributed by atoms with Crippen LogP contribution in [-0.4, -0.2) is 32.4 Å². The number of sulfonamides is 1. The van der Waals surface area contributed by atoms with E-state index < -0.39 is 10.0 Å². The van der Waals surface area contributed by atoms with Crippen molar-refractivity contribution in [3.05, 3.63) is 60.2 Å². The molecule has 0 saturated carbocycles. The van der Waals surface area contributed by atoms with Crippen LogP contribution in [0.5, 0.6) is 5.75 Å². The highest BCUT2D eigenvalue weighted by atomic mass is 32.2. The second-order valence-electron chi connectivity index (χ2n) is 6.31. The molecule has 1 unspecified atom stereocenters. The molecule has 5 heteroatoms. The van der Waals surface area contributed by atoms with Crippen molar-refractivity contribution in [2.24, 2.45) is 5.92 Å². The van der Waals surface area contributed by atoms with Gasteiger partial charge in [0.05, 0.1) is 11.5 Å². The first-order valence-electron chi connectivity index (χ1n) is 8.30. The number of benzene rings is 2. The third-order valence-electron chi connectivity index (χ3n) is 4.34. The maximum absolute atomic E-state index is 12.8. The maximum atomic E-state index is 12.8. The minimum Gasteiger partial charge on any atom is -0.493 e. The van der Waals surface area contributed by atoms with Crippen molar-refractivity contribution in [1.82, 2.24) is 4.31 Å². The summed E-state index contributed by atoms with van der Waals surface area (Å²) in [5.74, 6) is 1.05. The molecule has 128 valence electrons. The molecule has 0 spiro atoms. The zero-order chi connectivity index (χ0) is 17.0. The monoisotopic (exact) mass is 345 g/mol. The number of hydrogen-bond donors (Lipinski definition) is 0. The van der Waals surface area contributed by atoms with Crippen LogP contribution in [0.1, 0.15) is 18.4 Å². The van der Waals surface area contributed by atoms with E-state index in [-0.39, 0.29) is 5.92 Å². The highest BCUT2D eigenvalue weighted by molar-refractivity contribution is 7.89. The van der Waals surface area contributed by atoms with Gasteiger partial charge in [0, 0.05) is 19.0 Å². The van der Waals surface area contributed by atoms with E-state index in [9.17, 15) is 8.42 Å². The molecule has 3 rings (SSSR count). The fourth-order valence-electron chi connectivity index (χ4n) is 3.04. The highest BCUT2D eigenvalue weighted by Crippen LogP contribution is 2.25. The Labute approximate surface area is 144 Å². The molecule has 0 amide bonds. The lowest BCUT2D eigenvalue weighted by Crippen LogP contribution is -2.41. The van der Waals surface area contributed by atoms with Crippen molar-refractivity contribution < 1.29 is 13.2 Å². The van der Waals surface area contributed by atoms with Crippen LogP contribution in [0.2, 0.25) is 0 Å². The molecule has 0 N–H and O–H groups in total. The summed E-state index contributed by atoms with van der Waals surface area (Å²) in [7, 11) is -3.42. The molecule has 1 saturated heterocycles. The van der Waals surface area contributed by atoms with Crippen molar-refractivity contribution >= 4 is 10.0 Å². The predicted octanol–water partition coefficient (Wildman–Crippen LogP) is 3.47. The van der Waals surface area contributed by atoms with Crippen LogP contribution < -0.4 is 4.74 Å². The SMILES string of the molecule is Cc1cccc(S(=O)(=O)N2CCCC(COc3ccccc3)C2)c1. The molecule has 1 heterocycles. The van der Waals surface area contributed by atoms with Crippen molar-refractivity contribution in [3.8, 4) is 5.75 Å². The standard InChI is InChI=1S/C19H23NO3S/c1-16-7-5-11-19(13-16)24(21,22)20-12-6-8-17(14-20)15-23-18-9-3-2-4-10-18/h2-5,7,9-11,13,17H,6,8,12,14-15H2,1H3. The molecule has 2 aromatic rings. The number of hydrogen-bond acceptors (Lipinski definition) is 3. The number of nitrogens with zero attached hydrogens (tertiary/aromatic N) is 1. The summed E-state index contributed by atoms with van der Waals surface area (Å²) in [5, 5.41) is 0. The Morgan fingerprint density at radius 1 is 1.12 bits per heavy atom. The quantitative estimate of drug-likeness (QED) is 0.833. The highest BCUT2D eigenvalue weighted by Gasteiger charge is 2.30. The van der Waals surface area contributed by atoms with Gasteiger partial charge in [-0.15, -0.1) is 0 Å². The van der Waals surface area contributed by atoms with Crippen molar-refractivity contribution in [3.63, 3.8) is 0 Å². The van der Waals surface area contributed by atoms with Crippen LogP contribution in [0.25, 0.3) is 0 Å². The van der Waals surface area contributed by atoms with Crippen LogP contribution in [-0.2, 0) is 10.0 Å². The molecule has 1 aliphatic heterocycles. The fourth-order valence-corrected chi connectivity index (χ4v) is 4.70. The van der Waals surface area contributed by atoms with Crippen molar-refractivity contribution in [1.29, 1.82) is 0 Å². The van der Waals surface area contributed by atoms with E-state index in [4.69, 9.17) is 4.74 Å². The molecule has 24 heavy (non-hydrogen) atoms. The summed E-state index contributed by atoms with van der Waals surface area (Å²) in [6.45, 7) is 3.55. The van der Waals surface area contributed by atoms with Gasteiger partial charge in [-0.05, 0) is 49.6 Å². The van der Waals surface area contributed by atoms with Gasteiger partial charge < -0.3 is 4.74 Å². The number of rotatable bonds is 5. The molecule has 4 nitrogen and oxygen atoms in total. The first-order chi connectivity index (χ1) is 11.6. The van der Waals surface area contributed by atoms with Crippen molar-refractivity contribution in [2.75, 3.05) is 19.7 Å². The minimum atomic E-state index is -3.42. The summed E-state index contributed by atoms with van der Waals surface area (Å²) < 4.78 is 33.1. The molecule has 0 bridgehead atoms. The van der Waals surface area contributed by atoms with Crippen LogP contribution in [0.4, 0.5) is 0 Å². The summed E-state index contributed by atoms with van der Waals surface area (Å²) in [5.41, 5.74) is 0.956. The molecule has 1 aliphatic rings. The van der Waals surface area contributed by atoms with Crippen LogP contribution in [0, 0.1) is 12.8 Å². The molecule has 2 aromatic carbocycles. The lowest BCUT2D eigenvalue weighted by Gasteiger charge is -2.31. The summed E-state index contributed by atoms with van der Waals surface area (Å²) >= 11 is 0. The number of aryl methyl sites for hydroxylation is 1. The second-order valence-corrected chi connectivity index (χ2v) is 8.25. The fraction of sp³-hybridized carbons (Fsp3) is 0.368. The van der Waals surface area contributed by atoms with Gasteiger partial charge in [-0.3, -0.25) is 0 Å². The lowest BCUT2D eigenvalue weighted by atomic mass is 10.0. The molecule has 0 radical (unpaired) electrons. The molecule has 1 fully saturated rings. The Morgan fingerprint density at radius 2 is 1.92 bits per heavy atom. The van der Waals surface area contributed by atoms with E-state index in [1.54, 1.807) is 22.5 Å². The Bertz CT molecular complexity index is 774. The summed E-state index contributed by atoms with van der Waals surface area (Å²) in [6, 6.07) is 16.8. The lowest BCUT2D eigenvalue weighted by molar-refractivity contribution is 0.180. The van der Waals surface area contributed by atoms with Gasteiger partial charge in [0.25, 0.3) is 0 Å². The van der Waals surface area contributed by atoms with E-state index in [1.165, 1.54) is 0 Å². The zero-order valence-corrected chi connectivity index (χ0v) is 14.7. The Hall–Kier alpha value is -1.85. The number of ether oxygens (including phenoxy) is 1. The zero-order valence-electron chi connectivity index (χ0n) is 13.9. The van der Waals surface area contributed by atoms with Gasteiger partial charge in [0.2, 0.25) is 10.0 Å². The van der Waals surface area contributed by atoms with E-state index >= 15 is 0 Å². The second kappa shape index (κ2) is 7.36. The van der Waals surface area contributed by atoms with Gasteiger partial charge in [-0.25, -0.2) is 8.42 Å². The smallest absolute Gasteiger partial charge is 0.243 e. The summed E-state index contributed by atoms with van der Waals surface area (Å²) in [4.78, 5) is 0.382. The van der Waals surface area contributed by atoms with Crippen LogP contribution in [0.15, 0.2) is 59.5 Å². The average Bonchev–Trinajstić information content (AvgIpc) is 2.61. The van der Waals surface area contributed by atoms with Gasteiger partial charge >= 0.3 is 0 Å². The average molecular weight is 345 g/mol. The van der Waals surface area contributed by atoms with Gasteiger partial charge in [-0.2, -0.15) is 4.31 Å². The first-order valence-corrected chi connectivity index (χ1v) is 9.74. The van der Waals surface area contributed by atoms with E-state index in [2.05, 4.69) is 0 Å². The molecular weight excluding hydrogens is 322 g/mol. The predicted molar refractivity (Wildman–Crippen MR) is 94.6 cm³/mol. The molecule has 1 atom stereocenters. The molecule has 0 aromatic heterocycles. The van der Waals surface area contributed by atoms with Gasteiger partial charge in [0.15, 0.2) is 0 Å². The van der Waals surface area contributed by atoms with Gasteiger partial charge in [0.1, 0.15) is 5.75 Å². The minimum absolute atomic E-state index is 0.221. The first kappa shape index (κ1) is 17.0. The molecule has 0 aliphatic carbocycles. The van der Waals surface area contributed by atoms with E-state index in [0.29, 0.717) is 24.6 Å². The van der Waals surface area contributed by atoms with Gasteiger partial charge in [-0.1, -0.05) is 30.3 Å². The Morgan fingerprint density at radius 3 is 2.67 bits per heavy atom. The third kappa shape index (κ3) is 3.97. The Balaban J connectivity index is 1.66. The van der Waals surface area contributed by atoms with E-state index in [0.717, 1.165) is 24.2 Å². The number of para-hydroxylation sites is 1. The normalized spacial score (nSPS) is 19.1. The van der Waals surface area contributed by atoms with E-state index in [1.807, 2.05) is 43.3 Å². The maximum Gasteiger partial charge on any atom is 0.243 e. The summed E-state index contributed by atoms with van der Waals surface area (Å²) in [6.07, 6.45) is 1.86. The van der Waals surface area contributed by atoms with Crippen molar-refractivity contribution in [2.45, 2.75) is 24.7 Å². The molecular formula is C19H23NO3S. The van der Waals surface area contributed by atoms with Crippen LogP contribution >= 0.6 is 0 Å². The third-order valence-corrected chi connectivity index (χ3v) is 6.20.